The molecule has 1 fully saturated rings. The van der Waals surface area contributed by atoms with Gasteiger partial charge in [0.2, 0.25) is 5.91 Å². The van der Waals surface area contributed by atoms with Crippen molar-refractivity contribution in [1.29, 1.82) is 0 Å². The maximum atomic E-state index is 12.9. The van der Waals surface area contributed by atoms with Gasteiger partial charge in [0.15, 0.2) is 0 Å². The lowest BCUT2D eigenvalue weighted by molar-refractivity contribution is -0.309. The van der Waals surface area contributed by atoms with E-state index in [1.165, 1.54) is 0 Å². The Morgan fingerprint density at radius 1 is 1.28 bits per heavy atom. The Bertz CT molecular complexity index is 746. The highest BCUT2D eigenvalue weighted by molar-refractivity contribution is 8.01. The molecule has 0 radical (unpaired) electrons. The van der Waals surface area contributed by atoms with Crippen LogP contribution in [0.1, 0.15) is 49.0 Å². The number of carbonyl (C=O) groups is 3. The molecule has 25 heavy (non-hydrogen) atoms. The summed E-state index contributed by atoms with van der Waals surface area (Å²) in [5.41, 5.74) is 1.51. The first-order valence-electron chi connectivity index (χ1n) is 8.26. The van der Waals surface area contributed by atoms with Gasteiger partial charge in [-0.15, -0.1) is 11.8 Å². The topological polar surface area (TPSA) is 89.5 Å². The molecule has 2 heterocycles. The number of thioether (sulfide) groups is 1. The number of hydrogen-bond acceptors (Lipinski definition) is 5. The molecule has 0 bridgehead atoms. The summed E-state index contributed by atoms with van der Waals surface area (Å²) in [7, 11) is 0. The number of carboxylic acid groups (broad SMARTS) is 1. The number of fused-ring (bicyclic) bond motifs is 3. The summed E-state index contributed by atoms with van der Waals surface area (Å²) >= 11 is 1.55. The maximum Gasteiger partial charge on any atom is 0.256 e. The van der Waals surface area contributed by atoms with Crippen LogP contribution >= 0.6 is 11.8 Å². The molecule has 1 aromatic carbocycles. The Labute approximate surface area is 151 Å². The van der Waals surface area contributed by atoms with E-state index in [9.17, 15) is 19.5 Å². The van der Waals surface area contributed by atoms with Crippen LogP contribution in [0.25, 0.3) is 0 Å². The summed E-state index contributed by atoms with van der Waals surface area (Å²) < 4.78 is -0.536. The molecule has 0 aromatic heterocycles. The zero-order chi connectivity index (χ0) is 18.5. The number of hydrogen-bond donors (Lipinski definition) is 1. The predicted octanol–water partition coefficient (Wildman–Crippen LogP) is 0.926. The monoisotopic (exact) mass is 361 g/mol. The van der Waals surface area contributed by atoms with E-state index in [2.05, 4.69) is 5.32 Å². The van der Waals surface area contributed by atoms with Crippen molar-refractivity contribution in [2.75, 3.05) is 0 Å². The predicted molar refractivity (Wildman–Crippen MR) is 92.6 cm³/mol. The zero-order valence-electron chi connectivity index (χ0n) is 14.6. The summed E-state index contributed by atoms with van der Waals surface area (Å²) in [6.07, 6.45) is 0. The van der Waals surface area contributed by atoms with Crippen molar-refractivity contribution >= 4 is 29.5 Å². The van der Waals surface area contributed by atoms with Crippen LogP contribution in [0.2, 0.25) is 0 Å². The number of carbonyl (C=O) groups excluding carboxylic acids is 3. The first kappa shape index (κ1) is 17.8. The van der Waals surface area contributed by atoms with E-state index in [0.29, 0.717) is 5.56 Å². The van der Waals surface area contributed by atoms with E-state index in [-0.39, 0.29) is 17.2 Å². The first-order chi connectivity index (χ1) is 11.6. The second kappa shape index (κ2) is 6.05. The molecule has 0 unspecified atom stereocenters. The molecule has 2 aliphatic heterocycles. The van der Waals surface area contributed by atoms with Crippen LogP contribution in [0, 0.1) is 5.92 Å². The number of nitrogens with zero attached hydrogens (tertiary/aromatic N) is 1. The van der Waals surface area contributed by atoms with E-state index in [1.807, 2.05) is 26.0 Å². The Kier molecular flexibility index (Phi) is 4.31. The highest BCUT2D eigenvalue weighted by atomic mass is 32.2. The SMILES string of the molecule is CC(C)[C@H](NC(=O)[C@H]1N2C(=O)c3ccccc3[C@@H]2SC1(C)C)C(=O)[O-]. The lowest BCUT2D eigenvalue weighted by Crippen LogP contribution is -2.58. The van der Waals surface area contributed by atoms with Crippen molar-refractivity contribution in [3.8, 4) is 0 Å². The number of carboxylic acids is 1. The Morgan fingerprint density at radius 2 is 1.92 bits per heavy atom. The number of rotatable bonds is 4. The van der Waals surface area contributed by atoms with E-state index < -0.39 is 28.7 Å². The van der Waals surface area contributed by atoms with Crippen molar-refractivity contribution < 1.29 is 19.5 Å². The van der Waals surface area contributed by atoms with Crippen molar-refractivity contribution in [3.63, 3.8) is 0 Å². The average molecular weight is 361 g/mol. The molecule has 1 saturated heterocycles. The minimum atomic E-state index is -1.32. The minimum absolute atomic E-state index is 0.187. The Balaban J connectivity index is 1.93. The largest absolute Gasteiger partial charge is 0.548 e. The third-order valence-electron chi connectivity index (χ3n) is 4.76. The van der Waals surface area contributed by atoms with Gasteiger partial charge in [-0.25, -0.2) is 0 Å². The normalized spacial score (nSPS) is 24.8. The van der Waals surface area contributed by atoms with Crippen molar-refractivity contribution in [1.82, 2.24) is 10.2 Å². The van der Waals surface area contributed by atoms with Gasteiger partial charge in [-0.3, -0.25) is 9.59 Å². The molecule has 1 N–H and O–H groups in total. The standard InChI is InChI=1S/C18H22N2O4S/c1-9(2)12(17(23)24)19-14(21)13-18(3,4)25-16-11-8-6-5-7-10(11)15(22)20(13)16/h5-9,12-13,16H,1-4H3,(H,19,21)(H,23,24)/p-1/t12-,13+,16-/m0/s1. The van der Waals surface area contributed by atoms with Crippen LogP contribution in [0.15, 0.2) is 24.3 Å². The van der Waals surface area contributed by atoms with Gasteiger partial charge in [0.1, 0.15) is 11.4 Å². The van der Waals surface area contributed by atoms with Crippen molar-refractivity contribution in [2.45, 2.75) is 49.9 Å². The van der Waals surface area contributed by atoms with Crippen LogP contribution in [0.4, 0.5) is 0 Å². The van der Waals surface area contributed by atoms with E-state index in [1.54, 1.807) is 42.6 Å². The number of amides is 2. The fourth-order valence-corrected chi connectivity index (χ4v) is 5.12. The molecule has 0 spiro atoms. The summed E-state index contributed by atoms with van der Waals surface area (Å²) in [5.74, 6) is -2.27. The van der Waals surface area contributed by atoms with Crippen LogP contribution in [0.5, 0.6) is 0 Å². The van der Waals surface area contributed by atoms with Gasteiger partial charge in [0, 0.05) is 10.3 Å². The second-order valence-corrected chi connectivity index (χ2v) is 9.06. The van der Waals surface area contributed by atoms with Crippen LogP contribution < -0.4 is 10.4 Å². The van der Waals surface area contributed by atoms with Gasteiger partial charge in [0.25, 0.3) is 5.91 Å². The van der Waals surface area contributed by atoms with Crippen LogP contribution in [0.3, 0.4) is 0 Å². The van der Waals surface area contributed by atoms with Gasteiger partial charge in [0.05, 0.1) is 12.0 Å². The summed E-state index contributed by atoms with van der Waals surface area (Å²) in [4.78, 5) is 38.6. The lowest BCUT2D eigenvalue weighted by atomic mass is 9.98. The molecule has 7 heteroatoms. The lowest BCUT2D eigenvalue weighted by Gasteiger charge is -2.32. The molecule has 2 amide bonds. The molecule has 1 aromatic rings. The number of benzene rings is 1. The average Bonchev–Trinajstić information content (AvgIpc) is 2.95. The highest BCUT2D eigenvalue weighted by Crippen LogP contribution is 2.56. The summed E-state index contributed by atoms with van der Waals surface area (Å²) in [6.45, 7) is 7.21. The fraction of sp³-hybridized carbons (Fsp3) is 0.500. The van der Waals surface area contributed by atoms with Crippen LogP contribution in [-0.2, 0) is 9.59 Å². The van der Waals surface area contributed by atoms with Crippen LogP contribution in [-0.4, -0.2) is 39.5 Å². The third kappa shape index (κ3) is 2.80. The molecule has 2 aliphatic rings. The maximum absolute atomic E-state index is 12.9. The Hall–Kier alpha value is -2.02. The third-order valence-corrected chi connectivity index (χ3v) is 6.30. The van der Waals surface area contributed by atoms with E-state index in [4.69, 9.17) is 0 Å². The molecular weight excluding hydrogens is 340 g/mol. The number of nitrogens with one attached hydrogen (secondary N) is 1. The first-order valence-corrected chi connectivity index (χ1v) is 9.13. The molecule has 0 aliphatic carbocycles. The Morgan fingerprint density at radius 3 is 2.52 bits per heavy atom. The van der Waals surface area contributed by atoms with Gasteiger partial charge >= 0.3 is 0 Å². The van der Waals surface area contributed by atoms with Gasteiger partial charge in [-0.05, 0) is 31.4 Å². The highest BCUT2D eigenvalue weighted by Gasteiger charge is 2.57. The van der Waals surface area contributed by atoms with Gasteiger partial charge in [-0.2, -0.15) is 0 Å². The van der Waals surface area contributed by atoms with Gasteiger partial charge < -0.3 is 20.1 Å². The summed E-state index contributed by atoms with van der Waals surface area (Å²) in [5, 5.41) is 13.6. The second-order valence-electron chi connectivity index (χ2n) is 7.33. The quantitative estimate of drug-likeness (QED) is 0.862. The molecule has 3 rings (SSSR count). The molecule has 134 valence electrons. The molecule has 3 atom stereocenters. The van der Waals surface area contributed by atoms with Crippen molar-refractivity contribution in [3.05, 3.63) is 35.4 Å². The minimum Gasteiger partial charge on any atom is -0.548 e. The van der Waals surface area contributed by atoms with Gasteiger partial charge in [-0.1, -0.05) is 32.0 Å². The smallest absolute Gasteiger partial charge is 0.256 e. The fourth-order valence-electron chi connectivity index (χ4n) is 3.53. The number of aliphatic carboxylic acids is 1. The molecular formula is C18H21N2O4S-. The zero-order valence-corrected chi connectivity index (χ0v) is 15.4. The van der Waals surface area contributed by atoms with Crippen molar-refractivity contribution in [2.24, 2.45) is 5.92 Å². The molecule has 0 saturated carbocycles. The molecule has 6 nitrogen and oxygen atoms in total. The summed E-state index contributed by atoms with van der Waals surface area (Å²) in [6, 6.07) is 5.50. The van der Waals surface area contributed by atoms with E-state index in [0.717, 1.165) is 5.56 Å². The van der Waals surface area contributed by atoms with E-state index >= 15 is 0 Å².